The van der Waals surface area contributed by atoms with Gasteiger partial charge in [0.15, 0.2) is 0 Å². The van der Waals surface area contributed by atoms with Crippen molar-refractivity contribution in [3.63, 3.8) is 0 Å². The molecule has 0 aliphatic heterocycles. The Kier molecular flexibility index (Phi) is 4.50. The van der Waals surface area contributed by atoms with Crippen molar-refractivity contribution in [1.82, 2.24) is 10.3 Å². The van der Waals surface area contributed by atoms with E-state index in [0.717, 1.165) is 16.3 Å². The number of rotatable bonds is 4. The Balaban J connectivity index is 1.81. The van der Waals surface area contributed by atoms with Crippen LogP contribution in [0.5, 0.6) is 0 Å². The summed E-state index contributed by atoms with van der Waals surface area (Å²) in [6.45, 7) is -0.0597. The zero-order chi connectivity index (χ0) is 16.9. The summed E-state index contributed by atoms with van der Waals surface area (Å²) in [7, 11) is 0. The third-order valence-electron chi connectivity index (χ3n) is 3.80. The van der Waals surface area contributed by atoms with E-state index in [0.29, 0.717) is 11.1 Å². The molecular weight excluding hydrogens is 302 g/mol. The van der Waals surface area contributed by atoms with Crippen molar-refractivity contribution in [2.45, 2.75) is 12.6 Å². The van der Waals surface area contributed by atoms with Crippen LogP contribution in [0.2, 0.25) is 0 Å². The van der Waals surface area contributed by atoms with E-state index in [2.05, 4.69) is 16.4 Å². The van der Waals surface area contributed by atoms with Gasteiger partial charge in [-0.15, -0.1) is 0 Å². The molecule has 0 spiro atoms. The molecule has 0 saturated carbocycles. The number of nitrogens with zero attached hydrogens (tertiary/aromatic N) is 2. The van der Waals surface area contributed by atoms with Gasteiger partial charge in [-0.25, -0.2) is 0 Å². The van der Waals surface area contributed by atoms with Crippen LogP contribution in [0.25, 0.3) is 10.8 Å². The summed E-state index contributed by atoms with van der Waals surface area (Å²) in [5.41, 5.74) is 1.92. The van der Waals surface area contributed by atoms with Gasteiger partial charge in [0.25, 0.3) is 5.91 Å². The second-order valence-electron chi connectivity index (χ2n) is 5.37. The van der Waals surface area contributed by atoms with Crippen LogP contribution in [0.4, 0.5) is 0 Å². The molecule has 0 bridgehead atoms. The number of aliphatic hydroxyl groups is 1. The Morgan fingerprint density at radius 1 is 1.17 bits per heavy atom. The van der Waals surface area contributed by atoms with Crippen LogP contribution in [0.1, 0.15) is 27.5 Å². The smallest absolute Gasteiger partial charge is 0.252 e. The third kappa shape index (κ3) is 3.24. The van der Waals surface area contributed by atoms with E-state index in [4.69, 9.17) is 5.11 Å². The quantitative estimate of drug-likeness (QED) is 0.774. The Bertz CT molecular complexity index is 914. The van der Waals surface area contributed by atoms with Gasteiger partial charge in [0, 0.05) is 23.3 Å². The number of fused-ring (bicyclic) bond motifs is 1. The maximum atomic E-state index is 12.4. The fourth-order valence-corrected chi connectivity index (χ4v) is 2.44. The predicted octanol–water partition coefficient (Wildman–Crippen LogP) is 2.72. The van der Waals surface area contributed by atoms with Crippen LogP contribution in [0.3, 0.4) is 0 Å². The average molecular weight is 317 g/mol. The Morgan fingerprint density at radius 3 is 2.67 bits per heavy atom. The lowest BCUT2D eigenvalue weighted by molar-refractivity contribution is 0.0945. The fourth-order valence-electron chi connectivity index (χ4n) is 2.44. The van der Waals surface area contributed by atoms with Crippen molar-refractivity contribution >= 4 is 16.7 Å². The van der Waals surface area contributed by atoms with Gasteiger partial charge in [0.2, 0.25) is 0 Å². The number of hydrogen-bond acceptors (Lipinski definition) is 4. The predicted molar refractivity (Wildman–Crippen MR) is 89.9 cm³/mol. The number of aliphatic hydroxyl groups excluding tert-OH is 1. The molecule has 0 fully saturated rings. The minimum atomic E-state index is -0.752. The number of nitrogens with one attached hydrogen (secondary N) is 1. The molecule has 1 heterocycles. The van der Waals surface area contributed by atoms with Crippen LogP contribution in [-0.2, 0) is 6.61 Å². The van der Waals surface area contributed by atoms with E-state index in [1.54, 1.807) is 48.8 Å². The van der Waals surface area contributed by atoms with Crippen molar-refractivity contribution in [2.24, 2.45) is 0 Å². The summed E-state index contributed by atoms with van der Waals surface area (Å²) in [6.07, 6.45) is 3.41. The van der Waals surface area contributed by atoms with Crippen LogP contribution in [-0.4, -0.2) is 16.0 Å². The van der Waals surface area contributed by atoms with Gasteiger partial charge in [0.05, 0.1) is 12.7 Å². The number of aromatic nitrogens is 1. The molecule has 0 aliphatic rings. The maximum absolute atomic E-state index is 12.4. The van der Waals surface area contributed by atoms with E-state index in [9.17, 15) is 10.1 Å². The Hall–Kier alpha value is -3.23. The number of amides is 1. The first-order valence-electron chi connectivity index (χ1n) is 7.45. The summed E-state index contributed by atoms with van der Waals surface area (Å²) < 4.78 is 0. The number of carbonyl (C=O) groups is 1. The van der Waals surface area contributed by atoms with Gasteiger partial charge >= 0.3 is 0 Å². The van der Waals surface area contributed by atoms with Crippen LogP contribution < -0.4 is 5.32 Å². The maximum Gasteiger partial charge on any atom is 0.252 e. The van der Waals surface area contributed by atoms with E-state index in [1.807, 2.05) is 12.1 Å². The molecule has 1 unspecified atom stereocenters. The molecular formula is C19H15N3O2. The molecule has 118 valence electrons. The molecule has 0 radical (unpaired) electrons. The van der Waals surface area contributed by atoms with Crippen molar-refractivity contribution in [3.8, 4) is 6.07 Å². The van der Waals surface area contributed by atoms with Crippen molar-refractivity contribution < 1.29 is 9.90 Å². The van der Waals surface area contributed by atoms with Gasteiger partial charge in [-0.3, -0.25) is 9.78 Å². The molecule has 1 amide bonds. The minimum Gasteiger partial charge on any atom is -0.392 e. The van der Waals surface area contributed by atoms with E-state index in [-0.39, 0.29) is 12.5 Å². The number of carbonyl (C=O) groups excluding carboxylic acids is 1. The molecule has 0 aliphatic carbocycles. The number of pyridine rings is 1. The third-order valence-corrected chi connectivity index (χ3v) is 3.80. The number of hydrogen-bond donors (Lipinski definition) is 2. The second-order valence-corrected chi connectivity index (χ2v) is 5.37. The Labute approximate surface area is 139 Å². The zero-order valence-electron chi connectivity index (χ0n) is 12.8. The first-order valence-corrected chi connectivity index (χ1v) is 7.45. The van der Waals surface area contributed by atoms with Gasteiger partial charge in [-0.2, -0.15) is 5.26 Å². The summed E-state index contributed by atoms with van der Waals surface area (Å²) in [4.78, 5) is 16.5. The van der Waals surface area contributed by atoms with Crippen molar-refractivity contribution in [3.05, 3.63) is 77.6 Å². The summed E-state index contributed by atoms with van der Waals surface area (Å²) in [5, 5.41) is 23.0. The van der Waals surface area contributed by atoms with Crippen LogP contribution >= 0.6 is 0 Å². The molecule has 3 aromatic rings. The summed E-state index contributed by atoms with van der Waals surface area (Å²) in [6, 6.07) is 15.4. The molecule has 5 heteroatoms. The molecule has 24 heavy (non-hydrogen) atoms. The van der Waals surface area contributed by atoms with Crippen LogP contribution in [0.15, 0.2) is 60.9 Å². The highest BCUT2D eigenvalue weighted by Crippen LogP contribution is 2.17. The highest BCUT2D eigenvalue weighted by atomic mass is 16.3. The van der Waals surface area contributed by atoms with Crippen molar-refractivity contribution in [1.29, 1.82) is 5.26 Å². The molecule has 1 atom stereocenters. The van der Waals surface area contributed by atoms with Crippen molar-refractivity contribution in [2.75, 3.05) is 0 Å². The molecule has 3 rings (SSSR count). The largest absolute Gasteiger partial charge is 0.392 e. The van der Waals surface area contributed by atoms with E-state index >= 15 is 0 Å². The first-order chi connectivity index (χ1) is 11.7. The lowest BCUT2D eigenvalue weighted by Gasteiger charge is -2.13. The highest BCUT2D eigenvalue weighted by Gasteiger charge is 2.15. The monoisotopic (exact) mass is 317 g/mol. The number of nitriles is 1. The van der Waals surface area contributed by atoms with Gasteiger partial charge < -0.3 is 10.4 Å². The van der Waals surface area contributed by atoms with E-state index < -0.39 is 6.04 Å². The second kappa shape index (κ2) is 6.90. The SMILES string of the molecule is N#CC(NC(=O)c1ccc2cnccc2c1)c1ccc(CO)cc1. The molecule has 5 nitrogen and oxygen atoms in total. The van der Waals surface area contributed by atoms with Gasteiger partial charge in [-0.05, 0) is 34.7 Å². The summed E-state index contributed by atoms with van der Waals surface area (Å²) >= 11 is 0. The lowest BCUT2D eigenvalue weighted by atomic mass is 10.0. The van der Waals surface area contributed by atoms with Crippen LogP contribution in [0, 0.1) is 11.3 Å². The minimum absolute atomic E-state index is 0.0597. The normalized spacial score (nSPS) is 11.7. The lowest BCUT2D eigenvalue weighted by Crippen LogP contribution is -2.27. The topological polar surface area (TPSA) is 86.0 Å². The number of benzene rings is 2. The average Bonchev–Trinajstić information content (AvgIpc) is 2.65. The highest BCUT2D eigenvalue weighted by molar-refractivity contribution is 5.98. The van der Waals surface area contributed by atoms with Gasteiger partial charge in [0.1, 0.15) is 6.04 Å². The zero-order valence-corrected chi connectivity index (χ0v) is 12.8. The molecule has 2 N–H and O–H groups in total. The first kappa shape index (κ1) is 15.7. The molecule has 1 aromatic heterocycles. The van der Waals surface area contributed by atoms with Gasteiger partial charge in [-0.1, -0.05) is 30.3 Å². The molecule has 2 aromatic carbocycles. The Morgan fingerprint density at radius 2 is 1.96 bits per heavy atom. The standard InChI is InChI=1S/C19H15N3O2/c20-10-18(14-3-1-13(12-23)2-4-14)22-19(24)16-5-6-17-11-21-8-7-15(17)9-16/h1-9,11,18,23H,12H2,(H,22,24). The molecule has 0 saturated heterocycles. The summed E-state index contributed by atoms with van der Waals surface area (Å²) in [5.74, 6) is -0.313. The van der Waals surface area contributed by atoms with E-state index in [1.165, 1.54) is 0 Å². The fraction of sp³-hybridized carbons (Fsp3) is 0.105.